The van der Waals surface area contributed by atoms with Gasteiger partial charge in [0, 0.05) is 18.6 Å². The van der Waals surface area contributed by atoms with Crippen LogP contribution in [0.5, 0.6) is 11.6 Å². The molecule has 6 rings (SSSR count). The highest BCUT2D eigenvalue weighted by atomic mass is 19.2. The standard InChI is InChI=1S/C25H15F4N7O2/c1-25(11-2-4-12(26)5-3-11)16-19(30)33-20(34-21(16)35-24(25)37)15-10-36-9-8-31-22(36)23(32-15)38-18-14(28)7-6-13(27)17(18)29/h2-10H,1H3,(H3,30,33,34,35,37). The van der Waals surface area contributed by atoms with Crippen LogP contribution in [-0.2, 0) is 10.2 Å². The van der Waals surface area contributed by atoms with E-state index in [1.807, 2.05) is 0 Å². The van der Waals surface area contributed by atoms with Gasteiger partial charge < -0.3 is 20.2 Å². The minimum absolute atomic E-state index is 0.0434. The summed E-state index contributed by atoms with van der Waals surface area (Å²) >= 11 is 0. The minimum atomic E-state index is -1.54. The second-order valence-electron chi connectivity index (χ2n) is 8.61. The normalized spacial score (nSPS) is 16.5. The fourth-order valence-corrected chi connectivity index (χ4v) is 4.36. The molecule has 0 aliphatic carbocycles. The summed E-state index contributed by atoms with van der Waals surface area (Å²) in [6, 6.07) is 6.74. The number of benzene rings is 2. The third kappa shape index (κ3) is 3.43. The zero-order chi connectivity index (χ0) is 26.8. The van der Waals surface area contributed by atoms with Gasteiger partial charge in [-0.3, -0.25) is 4.79 Å². The average molecular weight is 521 g/mol. The van der Waals surface area contributed by atoms with E-state index in [9.17, 15) is 22.4 Å². The van der Waals surface area contributed by atoms with Crippen molar-refractivity contribution in [2.75, 3.05) is 11.1 Å². The summed E-state index contributed by atoms with van der Waals surface area (Å²) in [7, 11) is 0. The number of amides is 1. The van der Waals surface area contributed by atoms with Gasteiger partial charge in [-0.15, -0.1) is 0 Å². The van der Waals surface area contributed by atoms with E-state index in [-0.39, 0.29) is 34.7 Å². The number of ether oxygens (including phenoxy) is 1. The van der Waals surface area contributed by atoms with Gasteiger partial charge >= 0.3 is 0 Å². The van der Waals surface area contributed by atoms with Crippen LogP contribution >= 0.6 is 0 Å². The number of nitrogens with zero attached hydrogens (tertiary/aromatic N) is 5. The molecule has 0 bridgehead atoms. The first-order valence-electron chi connectivity index (χ1n) is 11.1. The average Bonchev–Trinajstić information content (AvgIpc) is 3.47. The van der Waals surface area contributed by atoms with Gasteiger partial charge in [-0.25, -0.2) is 33.1 Å². The van der Waals surface area contributed by atoms with E-state index >= 15 is 0 Å². The fourth-order valence-electron chi connectivity index (χ4n) is 4.36. The topological polar surface area (TPSA) is 120 Å². The Balaban J connectivity index is 1.47. The maximum Gasteiger partial charge on any atom is 0.264 e. The molecule has 1 aliphatic rings. The van der Waals surface area contributed by atoms with E-state index in [4.69, 9.17) is 10.5 Å². The molecule has 4 heterocycles. The third-order valence-electron chi connectivity index (χ3n) is 6.32. The highest BCUT2D eigenvalue weighted by molar-refractivity contribution is 6.09. The maximum absolute atomic E-state index is 14.3. The number of hydrogen-bond acceptors (Lipinski definition) is 7. The van der Waals surface area contributed by atoms with Crippen molar-refractivity contribution >= 4 is 23.2 Å². The maximum atomic E-state index is 14.3. The van der Waals surface area contributed by atoms with Gasteiger partial charge in [-0.1, -0.05) is 12.1 Å². The van der Waals surface area contributed by atoms with Crippen LogP contribution in [0, 0.1) is 23.3 Å². The number of nitrogens with two attached hydrogens (primary N) is 1. The molecule has 0 saturated heterocycles. The van der Waals surface area contributed by atoms with E-state index in [0.29, 0.717) is 23.3 Å². The molecule has 13 heteroatoms. The Hall–Kier alpha value is -5.07. The quantitative estimate of drug-likeness (QED) is 0.266. The third-order valence-corrected chi connectivity index (χ3v) is 6.32. The number of carbonyl (C=O) groups is 1. The van der Waals surface area contributed by atoms with Crippen LogP contribution in [0.2, 0.25) is 0 Å². The summed E-state index contributed by atoms with van der Waals surface area (Å²) in [5.74, 6) is -6.27. The van der Waals surface area contributed by atoms with Gasteiger partial charge in [0.2, 0.25) is 23.1 Å². The van der Waals surface area contributed by atoms with E-state index in [0.717, 1.165) is 0 Å². The molecule has 3 N–H and O–H groups in total. The molecule has 0 spiro atoms. The van der Waals surface area contributed by atoms with Crippen molar-refractivity contribution < 1.29 is 27.1 Å². The zero-order valence-electron chi connectivity index (χ0n) is 19.3. The van der Waals surface area contributed by atoms with Crippen molar-refractivity contribution in [2.24, 2.45) is 0 Å². The molecule has 1 unspecified atom stereocenters. The number of imidazole rings is 1. The summed E-state index contributed by atoms with van der Waals surface area (Å²) in [6.07, 6.45) is 4.36. The van der Waals surface area contributed by atoms with Crippen LogP contribution in [0.25, 0.3) is 17.2 Å². The van der Waals surface area contributed by atoms with Crippen LogP contribution in [0.1, 0.15) is 18.1 Å². The number of aromatic nitrogens is 5. The van der Waals surface area contributed by atoms with E-state index in [1.54, 1.807) is 6.92 Å². The van der Waals surface area contributed by atoms with Gasteiger partial charge in [-0.2, -0.15) is 4.39 Å². The Kier molecular flexibility index (Phi) is 5.05. The van der Waals surface area contributed by atoms with Crippen LogP contribution in [0.15, 0.2) is 55.0 Å². The molecule has 9 nitrogen and oxygen atoms in total. The number of nitrogens with one attached hydrogen (secondary N) is 1. The van der Waals surface area contributed by atoms with Crippen LogP contribution in [-0.4, -0.2) is 30.2 Å². The number of fused-ring (bicyclic) bond motifs is 2. The van der Waals surface area contributed by atoms with E-state index in [2.05, 4.69) is 25.3 Å². The molecule has 1 atom stereocenters. The van der Waals surface area contributed by atoms with Crippen LogP contribution < -0.4 is 15.8 Å². The van der Waals surface area contributed by atoms with Crippen molar-refractivity contribution in [3.8, 4) is 23.1 Å². The molecule has 0 saturated carbocycles. The molecule has 2 aromatic carbocycles. The Morgan fingerprint density at radius 2 is 1.74 bits per heavy atom. The Labute approximate surface area is 211 Å². The molecular weight excluding hydrogens is 506 g/mol. The highest BCUT2D eigenvalue weighted by Crippen LogP contribution is 2.45. The van der Waals surface area contributed by atoms with Gasteiger partial charge in [0.25, 0.3) is 5.88 Å². The van der Waals surface area contributed by atoms with Crippen molar-refractivity contribution in [2.45, 2.75) is 12.3 Å². The minimum Gasteiger partial charge on any atom is -0.429 e. The Bertz CT molecular complexity index is 1770. The summed E-state index contributed by atoms with van der Waals surface area (Å²) in [4.78, 5) is 30.1. The number of anilines is 2. The lowest BCUT2D eigenvalue weighted by atomic mass is 9.78. The predicted molar refractivity (Wildman–Crippen MR) is 126 cm³/mol. The lowest BCUT2D eigenvalue weighted by Crippen LogP contribution is -2.33. The SMILES string of the molecule is CC1(c2ccc(F)cc2)C(=O)Nc2nc(-c3cn4ccnc4c(Oc4c(F)ccc(F)c4F)n3)nc(N)c21. The van der Waals surface area contributed by atoms with Crippen molar-refractivity contribution in [1.29, 1.82) is 0 Å². The number of nitrogen functional groups attached to an aromatic ring is 1. The molecule has 0 radical (unpaired) electrons. The molecule has 190 valence electrons. The first kappa shape index (κ1) is 23.3. The summed E-state index contributed by atoms with van der Waals surface area (Å²) < 4.78 is 62.5. The van der Waals surface area contributed by atoms with Gasteiger partial charge in [0.15, 0.2) is 17.5 Å². The smallest absolute Gasteiger partial charge is 0.264 e. The zero-order valence-corrected chi connectivity index (χ0v) is 19.3. The van der Waals surface area contributed by atoms with Crippen molar-refractivity contribution in [1.82, 2.24) is 24.3 Å². The first-order chi connectivity index (χ1) is 18.2. The Morgan fingerprint density at radius 3 is 2.50 bits per heavy atom. The van der Waals surface area contributed by atoms with Crippen LogP contribution in [0.4, 0.5) is 29.2 Å². The van der Waals surface area contributed by atoms with Crippen molar-refractivity contribution in [3.63, 3.8) is 0 Å². The Morgan fingerprint density at radius 1 is 1.00 bits per heavy atom. The largest absolute Gasteiger partial charge is 0.429 e. The fraction of sp³-hybridized carbons (Fsp3) is 0.0800. The predicted octanol–water partition coefficient (Wildman–Crippen LogP) is 4.38. The summed E-state index contributed by atoms with van der Waals surface area (Å²) in [6.45, 7) is 1.62. The number of carbonyl (C=O) groups excluding carboxylic acids is 1. The van der Waals surface area contributed by atoms with Gasteiger partial charge in [-0.05, 0) is 36.8 Å². The lowest BCUT2D eigenvalue weighted by Gasteiger charge is -2.23. The summed E-state index contributed by atoms with van der Waals surface area (Å²) in [5, 5.41) is 2.68. The number of hydrogen-bond donors (Lipinski definition) is 2. The van der Waals surface area contributed by atoms with E-state index < -0.39 is 40.3 Å². The molecule has 0 fully saturated rings. The first-order valence-corrected chi connectivity index (χ1v) is 11.1. The summed E-state index contributed by atoms with van der Waals surface area (Å²) in [5.41, 5.74) is 5.88. The van der Waals surface area contributed by atoms with Gasteiger partial charge in [0.05, 0.1) is 5.56 Å². The van der Waals surface area contributed by atoms with Gasteiger partial charge in [0.1, 0.15) is 28.6 Å². The monoisotopic (exact) mass is 521 g/mol. The lowest BCUT2D eigenvalue weighted by molar-refractivity contribution is -0.119. The van der Waals surface area contributed by atoms with Crippen LogP contribution in [0.3, 0.4) is 0 Å². The molecular formula is C25H15F4N7O2. The molecule has 5 aromatic rings. The highest BCUT2D eigenvalue weighted by Gasteiger charge is 2.47. The molecule has 3 aromatic heterocycles. The second-order valence-corrected chi connectivity index (χ2v) is 8.61. The number of halogens is 4. The molecule has 1 aliphatic heterocycles. The molecule has 1 amide bonds. The number of rotatable bonds is 4. The van der Waals surface area contributed by atoms with Crippen molar-refractivity contribution in [3.05, 3.63) is 89.4 Å². The van der Waals surface area contributed by atoms with E-state index in [1.165, 1.54) is 47.3 Å². The molecule has 38 heavy (non-hydrogen) atoms. The second kappa shape index (κ2) is 8.23.